The molecule has 0 aliphatic rings. The van der Waals surface area contributed by atoms with Crippen LogP contribution in [0.25, 0.3) is 0 Å². The van der Waals surface area contributed by atoms with Crippen molar-refractivity contribution in [2.24, 2.45) is 0 Å². The number of rotatable bonds is 7. The minimum atomic E-state index is -2.91. The van der Waals surface area contributed by atoms with Crippen molar-refractivity contribution < 1.29 is 18.3 Å². The third-order valence-corrected chi connectivity index (χ3v) is 3.77. The Hall–Kier alpha value is -0.590. The monoisotopic (exact) mass is 385 g/mol. The van der Waals surface area contributed by atoms with E-state index in [0.717, 1.165) is 0 Å². The second-order valence-corrected chi connectivity index (χ2v) is 6.65. The smallest absolute Gasteiger partial charge is 0.387 e. The van der Waals surface area contributed by atoms with E-state index in [1.165, 1.54) is 6.07 Å². The number of alkyl halides is 2. The first-order chi connectivity index (χ1) is 9.64. The van der Waals surface area contributed by atoms with Crippen LogP contribution in [0.4, 0.5) is 14.5 Å². The van der Waals surface area contributed by atoms with Gasteiger partial charge in [-0.25, -0.2) is 0 Å². The van der Waals surface area contributed by atoms with Crippen LogP contribution in [0.15, 0.2) is 16.6 Å². The van der Waals surface area contributed by atoms with Crippen LogP contribution in [-0.4, -0.2) is 25.4 Å². The molecule has 0 aliphatic carbocycles. The molecule has 1 unspecified atom stereocenters. The van der Waals surface area contributed by atoms with Gasteiger partial charge in [0.1, 0.15) is 0 Å². The molecule has 7 heteroatoms. The van der Waals surface area contributed by atoms with Crippen LogP contribution in [0, 0.1) is 0 Å². The summed E-state index contributed by atoms with van der Waals surface area (Å²) in [6.45, 7) is 2.93. The summed E-state index contributed by atoms with van der Waals surface area (Å²) in [5.41, 5.74) is 0.0838. The fraction of sp³-hybridized carbons (Fsp3) is 0.571. The molecule has 0 saturated heterocycles. The molecule has 0 aliphatic heterocycles. The topological polar surface area (TPSA) is 30.5 Å². The van der Waals surface area contributed by atoms with Crippen molar-refractivity contribution in [3.63, 3.8) is 0 Å². The van der Waals surface area contributed by atoms with E-state index in [0.29, 0.717) is 21.6 Å². The lowest BCUT2D eigenvalue weighted by molar-refractivity contribution is -0.0499. The van der Waals surface area contributed by atoms with Crippen LogP contribution in [0.5, 0.6) is 5.75 Å². The molecule has 1 aromatic rings. The Balaban J connectivity index is 2.95. The van der Waals surface area contributed by atoms with Gasteiger partial charge in [0, 0.05) is 18.2 Å². The molecule has 0 radical (unpaired) electrons. The summed E-state index contributed by atoms with van der Waals surface area (Å²) in [7, 11) is 1.63. The summed E-state index contributed by atoms with van der Waals surface area (Å²) in [5.74, 6) is 0.0384. The maximum atomic E-state index is 12.5. The van der Waals surface area contributed by atoms with E-state index in [2.05, 4.69) is 26.0 Å². The predicted molar refractivity (Wildman–Crippen MR) is 84.6 cm³/mol. The Kier molecular flexibility index (Phi) is 6.69. The lowest BCUT2D eigenvalue weighted by Crippen LogP contribution is -2.31. The molecule has 0 fully saturated rings. The molecule has 3 nitrogen and oxygen atoms in total. The molecule has 0 aromatic heterocycles. The molecule has 120 valence electrons. The molecule has 0 bridgehead atoms. The third-order valence-electron chi connectivity index (χ3n) is 2.97. The third kappa shape index (κ3) is 5.96. The van der Waals surface area contributed by atoms with Crippen molar-refractivity contribution >= 4 is 33.2 Å². The van der Waals surface area contributed by atoms with Gasteiger partial charge in [-0.15, -0.1) is 0 Å². The van der Waals surface area contributed by atoms with E-state index < -0.39 is 6.61 Å². The van der Waals surface area contributed by atoms with E-state index in [-0.39, 0.29) is 17.4 Å². The van der Waals surface area contributed by atoms with Gasteiger partial charge in [0.15, 0.2) is 5.75 Å². The predicted octanol–water partition coefficient (Wildman–Crippen LogP) is 5.32. The summed E-state index contributed by atoms with van der Waals surface area (Å²) >= 11 is 9.15. The van der Waals surface area contributed by atoms with Gasteiger partial charge in [-0.05, 0) is 55.3 Å². The number of hydrogen-bond donors (Lipinski definition) is 1. The first-order valence-corrected chi connectivity index (χ1v) is 7.57. The lowest BCUT2D eigenvalue weighted by atomic mass is 9.99. The van der Waals surface area contributed by atoms with E-state index >= 15 is 0 Å². The second kappa shape index (κ2) is 7.61. The van der Waals surface area contributed by atoms with Crippen molar-refractivity contribution in [3.8, 4) is 5.75 Å². The fourth-order valence-electron chi connectivity index (χ4n) is 2.01. The number of ether oxygens (including phenoxy) is 2. The number of nitrogens with one attached hydrogen (secondary N) is 1. The van der Waals surface area contributed by atoms with Crippen LogP contribution >= 0.6 is 27.5 Å². The van der Waals surface area contributed by atoms with Crippen LogP contribution in [-0.2, 0) is 4.74 Å². The van der Waals surface area contributed by atoms with E-state index in [4.69, 9.17) is 16.3 Å². The van der Waals surface area contributed by atoms with Crippen molar-refractivity contribution in [2.75, 3.05) is 12.4 Å². The number of methoxy groups -OCH3 is 1. The maximum Gasteiger partial charge on any atom is 0.387 e. The molecule has 0 heterocycles. The molecule has 1 N–H and O–H groups in total. The minimum absolute atomic E-state index is 0.0228. The highest BCUT2D eigenvalue weighted by Crippen LogP contribution is 2.38. The van der Waals surface area contributed by atoms with Gasteiger partial charge in [-0.2, -0.15) is 8.78 Å². The Morgan fingerprint density at radius 3 is 2.52 bits per heavy atom. The zero-order chi connectivity index (χ0) is 16.2. The molecule has 1 rings (SSSR count). The van der Waals surface area contributed by atoms with Crippen molar-refractivity contribution in [3.05, 3.63) is 21.6 Å². The minimum Gasteiger partial charge on any atom is -0.431 e. The molecule has 0 amide bonds. The average molecular weight is 387 g/mol. The summed E-state index contributed by atoms with van der Waals surface area (Å²) in [6, 6.07) is 3.04. The van der Waals surface area contributed by atoms with Crippen molar-refractivity contribution in [1.29, 1.82) is 0 Å². The van der Waals surface area contributed by atoms with E-state index in [9.17, 15) is 8.78 Å². The number of benzene rings is 1. The van der Waals surface area contributed by atoms with E-state index in [1.807, 2.05) is 20.8 Å². The van der Waals surface area contributed by atoms with Gasteiger partial charge in [-0.1, -0.05) is 11.6 Å². The Bertz CT molecular complexity index is 486. The maximum absolute atomic E-state index is 12.5. The highest BCUT2D eigenvalue weighted by Gasteiger charge is 2.22. The highest BCUT2D eigenvalue weighted by molar-refractivity contribution is 9.10. The standard InChI is InChI=1S/C14H19BrClF2NO2/c1-8(7-14(2,3)20-4)19-11-6-9(16)5-10(15)12(11)21-13(17)18/h5-6,8,13,19H,7H2,1-4H3. The van der Waals surface area contributed by atoms with Gasteiger partial charge in [-0.3, -0.25) is 0 Å². The molecule has 0 spiro atoms. The van der Waals surface area contributed by atoms with Crippen molar-refractivity contribution in [1.82, 2.24) is 0 Å². The molecule has 1 atom stereocenters. The normalized spacial score (nSPS) is 13.4. The summed E-state index contributed by atoms with van der Waals surface area (Å²) in [6.07, 6.45) is 0.682. The SMILES string of the molecule is COC(C)(C)CC(C)Nc1cc(Cl)cc(Br)c1OC(F)F. The molecular weight excluding hydrogens is 368 g/mol. The lowest BCUT2D eigenvalue weighted by Gasteiger charge is -2.28. The zero-order valence-corrected chi connectivity index (χ0v) is 14.7. The molecule has 21 heavy (non-hydrogen) atoms. The first-order valence-electron chi connectivity index (χ1n) is 6.40. The van der Waals surface area contributed by atoms with Gasteiger partial charge in [0.25, 0.3) is 0 Å². The molecular formula is C14H19BrClF2NO2. The van der Waals surface area contributed by atoms with Gasteiger partial charge < -0.3 is 14.8 Å². The first kappa shape index (κ1) is 18.5. The summed E-state index contributed by atoms with van der Waals surface area (Å²) < 4.78 is 35.3. The number of anilines is 1. The molecule has 0 saturated carbocycles. The van der Waals surface area contributed by atoms with Crippen molar-refractivity contribution in [2.45, 2.75) is 45.4 Å². The molecule has 1 aromatic carbocycles. The van der Waals surface area contributed by atoms with Crippen LogP contribution < -0.4 is 10.1 Å². The number of hydrogen-bond acceptors (Lipinski definition) is 3. The van der Waals surface area contributed by atoms with Crippen LogP contribution in [0.2, 0.25) is 5.02 Å². The summed E-state index contributed by atoms with van der Waals surface area (Å²) in [5, 5.41) is 3.56. The zero-order valence-electron chi connectivity index (χ0n) is 12.3. The Morgan fingerprint density at radius 1 is 1.38 bits per heavy atom. The number of halogens is 4. The van der Waals surface area contributed by atoms with Crippen LogP contribution in [0.1, 0.15) is 27.2 Å². The fourth-order valence-corrected chi connectivity index (χ4v) is 2.92. The van der Waals surface area contributed by atoms with Gasteiger partial charge in [0.2, 0.25) is 0 Å². The second-order valence-electron chi connectivity index (χ2n) is 5.36. The van der Waals surface area contributed by atoms with Gasteiger partial charge in [0.05, 0.1) is 15.8 Å². The van der Waals surface area contributed by atoms with Crippen LogP contribution in [0.3, 0.4) is 0 Å². The quantitative estimate of drug-likeness (QED) is 0.688. The van der Waals surface area contributed by atoms with Gasteiger partial charge >= 0.3 is 6.61 Å². The highest BCUT2D eigenvalue weighted by atomic mass is 79.9. The van der Waals surface area contributed by atoms with E-state index in [1.54, 1.807) is 13.2 Å². The summed E-state index contributed by atoms with van der Waals surface area (Å²) in [4.78, 5) is 0. The Morgan fingerprint density at radius 2 is 2.00 bits per heavy atom. The largest absolute Gasteiger partial charge is 0.431 e. The average Bonchev–Trinajstić information content (AvgIpc) is 2.32. The Labute approximate surface area is 137 Å².